The third kappa shape index (κ3) is 7.96. The van der Waals surface area contributed by atoms with Crippen LogP contribution < -0.4 is 0 Å². The normalized spacial score (nSPS) is 13.2. The van der Waals surface area contributed by atoms with Crippen molar-refractivity contribution in [3.63, 3.8) is 0 Å². The van der Waals surface area contributed by atoms with Crippen molar-refractivity contribution in [1.29, 1.82) is 0 Å². The van der Waals surface area contributed by atoms with E-state index in [0.717, 1.165) is 0 Å². The molecule has 0 rings (SSSR count). The van der Waals surface area contributed by atoms with Crippen LogP contribution in [0.5, 0.6) is 0 Å². The Morgan fingerprint density at radius 3 is 1.62 bits per heavy atom. The van der Waals surface area contributed by atoms with Crippen molar-refractivity contribution in [3.05, 3.63) is 24.3 Å². The third-order valence-corrected chi connectivity index (χ3v) is 3.25. The van der Waals surface area contributed by atoms with Crippen molar-refractivity contribution in [3.8, 4) is 0 Å². The van der Waals surface area contributed by atoms with Crippen molar-refractivity contribution in [2.24, 2.45) is 0 Å². The van der Waals surface area contributed by atoms with E-state index in [1.165, 1.54) is 0 Å². The van der Waals surface area contributed by atoms with Gasteiger partial charge in [-0.2, -0.15) is 0 Å². The highest BCUT2D eigenvalue weighted by molar-refractivity contribution is 6.64. The van der Waals surface area contributed by atoms with Crippen LogP contribution in [0.15, 0.2) is 24.3 Å². The van der Waals surface area contributed by atoms with Crippen molar-refractivity contribution < 1.29 is 8.85 Å². The van der Waals surface area contributed by atoms with Crippen LogP contribution in [0.4, 0.5) is 0 Å². The predicted octanol–water partition coefficient (Wildman–Crippen LogP) is 2.87. The molecule has 0 heterocycles. The molecule has 0 unspecified atom stereocenters. The molecule has 0 saturated carbocycles. The van der Waals surface area contributed by atoms with E-state index in [1.54, 1.807) is 0 Å². The van der Waals surface area contributed by atoms with Crippen LogP contribution >= 0.6 is 0 Å². The Kier molecular flexibility index (Phi) is 6.85. The van der Waals surface area contributed by atoms with Gasteiger partial charge >= 0.3 is 8.56 Å². The maximum Gasteiger partial charge on any atom is 0.332 e. The zero-order valence-corrected chi connectivity index (χ0v) is 10.0. The maximum atomic E-state index is 5.61. The van der Waals surface area contributed by atoms with Crippen molar-refractivity contribution in [2.75, 3.05) is 13.2 Å². The standard InChI is InChI=1S/C10H20O2Si/c1-5-7-9-11-13(3,4)12-10-8-6-2/h5-8H,9-10H2,1-4H3/b7-5+,8-6+. The fourth-order valence-corrected chi connectivity index (χ4v) is 1.81. The number of hydrogen-bond donors (Lipinski definition) is 0. The first kappa shape index (κ1) is 12.6. The van der Waals surface area contributed by atoms with Gasteiger partial charge < -0.3 is 8.85 Å². The van der Waals surface area contributed by atoms with Crippen LogP contribution in [0.2, 0.25) is 13.1 Å². The molecule has 0 aromatic carbocycles. The molecule has 13 heavy (non-hydrogen) atoms. The Balaban J connectivity index is 3.65. The van der Waals surface area contributed by atoms with Crippen LogP contribution in [-0.2, 0) is 8.85 Å². The van der Waals surface area contributed by atoms with Crippen LogP contribution in [0.3, 0.4) is 0 Å². The highest BCUT2D eigenvalue weighted by Gasteiger charge is 2.22. The SMILES string of the molecule is C/C=C/CO[Si](C)(C)OC/C=C/C. The molecule has 0 aromatic heterocycles. The first-order valence-corrected chi connectivity index (χ1v) is 7.44. The van der Waals surface area contributed by atoms with Gasteiger partial charge in [0.15, 0.2) is 0 Å². The fraction of sp³-hybridized carbons (Fsp3) is 0.600. The second-order valence-corrected chi connectivity index (χ2v) is 6.54. The van der Waals surface area contributed by atoms with Crippen LogP contribution in [0.1, 0.15) is 13.8 Å². The molecule has 0 aliphatic carbocycles. The van der Waals surface area contributed by atoms with Crippen LogP contribution in [0.25, 0.3) is 0 Å². The van der Waals surface area contributed by atoms with E-state index in [0.29, 0.717) is 13.2 Å². The summed E-state index contributed by atoms with van der Waals surface area (Å²) in [6, 6.07) is 0. The molecule has 3 heteroatoms. The van der Waals surface area contributed by atoms with Gasteiger partial charge in [0.05, 0.1) is 13.2 Å². The number of hydrogen-bond acceptors (Lipinski definition) is 2. The van der Waals surface area contributed by atoms with E-state index in [2.05, 4.69) is 13.1 Å². The summed E-state index contributed by atoms with van der Waals surface area (Å²) in [6.07, 6.45) is 7.95. The van der Waals surface area contributed by atoms with Crippen molar-refractivity contribution >= 4 is 8.56 Å². The van der Waals surface area contributed by atoms with E-state index < -0.39 is 8.56 Å². The molecule has 0 radical (unpaired) electrons. The molecule has 0 spiro atoms. The van der Waals surface area contributed by atoms with Crippen LogP contribution in [-0.4, -0.2) is 21.8 Å². The minimum absolute atomic E-state index is 0.658. The molecular weight excluding hydrogens is 180 g/mol. The molecule has 0 aliphatic heterocycles. The molecule has 0 saturated heterocycles. The van der Waals surface area contributed by atoms with Gasteiger partial charge in [-0.15, -0.1) is 0 Å². The summed E-state index contributed by atoms with van der Waals surface area (Å²) in [5.74, 6) is 0. The number of allylic oxidation sites excluding steroid dienone is 2. The lowest BCUT2D eigenvalue weighted by Crippen LogP contribution is -2.34. The topological polar surface area (TPSA) is 18.5 Å². The highest BCUT2D eigenvalue weighted by Crippen LogP contribution is 2.06. The number of rotatable bonds is 6. The molecule has 0 bridgehead atoms. The zero-order chi connectivity index (χ0) is 10.2. The van der Waals surface area contributed by atoms with Gasteiger partial charge in [-0.25, -0.2) is 0 Å². The lowest BCUT2D eigenvalue weighted by molar-refractivity contribution is 0.213. The van der Waals surface area contributed by atoms with E-state index in [4.69, 9.17) is 8.85 Å². The van der Waals surface area contributed by atoms with Gasteiger partial charge in [-0.1, -0.05) is 24.3 Å². The average molecular weight is 200 g/mol. The average Bonchev–Trinajstić information content (AvgIpc) is 2.05. The Labute approximate surface area is 82.5 Å². The Morgan fingerprint density at radius 2 is 1.31 bits per heavy atom. The van der Waals surface area contributed by atoms with Gasteiger partial charge in [0.2, 0.25) is 0 Å². The lowest BCUT2D eigenvalue weighted by atomic mass is 10.6. The minimum atomic E-state index is -1.88. The zero-order valence-electron chi connectivity index (χ0n) is 9.04. The summed E-state index contributed by atoms with van der Waals surface area (Å²) >= 11 is 0. The second-order valence-electron chi connectivity index (χ2n) is 3.16. The van der Waals surface area contributed by atoms with Gasteiger partial charge in [0.1, 0.15) is 0 Å². The molecular formula is C10H20O2Si. The molecule has 0 aliphatic rings. The maximum absolute atomic E-state index is 5.61. The molecule has 76 valence electrons. The van der Waals surface area contributed by atoms with E-state index in [-0.39, 0.29) is 0 Å². The summed E-state index contributed by atoms with van der Waals surface area (Å²) in [5.41, 5.74) is 0. The smallest absolute Gasteiger partial charge is 0.332 e. The van der Waals surface area contributed by atoms with E-state index in [1.807, 2.05) is 38.2 Å². The largest absolute Gasteiger partial charge is 0.391 e. The lowest BCUT2D eigenvalue weighted by Gasteiger charge is -2.20. The Hall–Kier alpha value is -0.383. The predicted molar refractivity (Wildman–Crippen MR) is 59.0 cm³/mol. The Bertz CT molecular complexity index is 156. The molecule has 0 aromatic rings. The van der Waals surface area contributed by atoms with E-state index >= 15 is 0 Å². The van der Waals surface area contributed by atoms with E-state index in [9.17, 15) is 0 Å². The molecule has 0 N–H and O–H groups in total. The van der Waals surface area contributed by atoms with Gasteiger partial charge in [-0.3, -0.25) is 0 Å². The van der Waals surface area contributed by atoms with Gasteiger partial charge in [0, 0.05) is 0 Å². The minimum Gasteiger partial charge on any atom is -0.391 e. The summed E-state index contributed by atoms with van der Waals surface area (Å²) in [4.78, 5) is 0. The highest BCUT2D eigenvalue weighted by atomic mass is 28.4. The third-order valence-electron chi connectivity index (χ3n) is 1.53. The molecule has 0 fully saturated rings. The van der Waals surface area contributed by atoms with Gasteiger partial charge in [0.25, 0.3) is 0 Å². The van der Waals surface area contributed by atoms with Crippen molar-refractivity contribution in [1.82, 2.24) is 0 Å². The summed E-state index contributed by atoms with van der Waals surface area (Å²) in [6.45, 7) is 9.40. The summed E-state index contributed by atoms with van der Waals surface area (Å²) in [7, 11) is -1.88. The monoisotopic (exact) mass is 200 g/mol. The molecule has 2 nitrogen and oxygen atoms in total. The first-order valence-electron chi connectivity index (χ1n) is 4.62. The quantitative estimate of drug-likeness (QED) is 0.485. The summed E-state index contributed by atoms with van der Waals surface area (Å²) in [5, 5.41) is 0. The second kappa shape index (κ2) is 7.06. The first-order chi connectivity index (χ1) is 6.12. The fourth-order valence-electron chi connectivity index (χ4n) is 0.732. The van der Waals surface area contributed by atoms with Crippen LogP contribution in [0, 0.1) is 0 Å². The van der Waals surface area contributed by atoms with Gasteiger partial charge in [-0.05, 0) is 26.9 Å². The Morgan fingerprint density at radius 1 is 0.923 bits per heavy atom. The molecule has 0 atom stereocenters. The summed E-state index contributed by atoms with van der Waals surface area (Å²) < 4.78 is 11.2. The molecule has 0 amide bonds. The van der Waals surface area contributed by atoms with Crippen molar-refractivity contribution in [2.45, 2.75) is 26.9 Å².